The highest BCUT2D eigenvalue weighted by Gasteiger charge is 2.30. The van der Waals surface area contributed by atoms with Crippen LogP contribution in [0.1, 0.15) is 53.0 Å². The number of anilines is 1. The van der Waals surface area contributed by atoms with E-state index in [4.69, 9.17) is 4.74 Å². The molecule has 0 aromatic heterocycles. The van der Waals surface area contributed by atoms with Crippen molar-refractivity contribution < 1.29 is 4.74 Å². The zero-order valence-electron chi connectivity index (χ0n) is 13.7. The summed E-state index contributed by atoms with van der Waals surface area (Å²) >= 11 is 0. The smallest absolute Gasteiger partial charge is 0.132 e. The quantitative estimate of drug-likeness (QED) is 0.772. The Morgan fingerprint density at radius 1 is 1.15 bits per heavy atom. The molecule has 1 aliphatic heterocycles. The number of allylic oxidation sites excluding steroid dienone is 2. The van der Waals surface area contributed by atoms with Crippen molar-refractivity contribution in [2.24, 2.45) is 5.41 Å². The average Bonchev–Trinajstić information content (AvgIpc) is 2.37. The third kappa shape index (κ3) is 2.84. The lowest BCUT2D eigenvalue weighted by atomic mass is 9.75. The van der Waals surface area contributed by atoms with Crippen molar-refractivity contribution in [2.75, 3.05) is 18.0 Å². The molecule has 0 aliphatic carbocycles. The minimum absolute atomic E-state index is 0.205. The zero-order valence-corrected chi connectivity index (χ0v) is 13.7. The molecule has 1 aromatic carbocycles. The van der Waals surface area contributed by atoms with Crippen LogP contribution in [0.15, 0.2) is 30.0 Å². The molecule has 0 amide bonds. The zero-order chi connectivity index (χ0) is 14.9. The highest BCUT2D eigenvalue weighted by molar-refractivity contribution is 5.57. The van der Waals surface area contributed by atoms with Gasteiger partial charge in [0.2, 0.25) is 0 Å². The molecule has 0 spiro atoms. The number of nitrogens with zero attached hydrogens (tertiary/aromatic N) is 1. The first-order valence-corrected chi connectivity index (χ1v) is 7.62. The molecule has 20 heavy (non-hydrogen) atoms. The highest BCUT2D eigenvalue weighted by Crippen LogP contribution is 2.45. The van der Waals surface area contributed by atoms with Crippen molar-refractivity contribution in [1.29, 1.82) is 0 Å². The van der Waals surface area contributed by atoms with Gasteiger partial charge >= 0.3 is 0 Å². The molecule has 2 nitrogen and oxygen atoms in total. The number of fused-ring (bicyclic) bond motifs is 1. The summed E-state index contributed by atoms with van der Waals surface area (Å²) in [5, 5.41) is 0. The van der Waals surface area contributed by atoms with E-state index in [1.165, 1.54) is 11.3 Å². The molecular weight excluding hydrogens is 246 g/mol. The van der Waals surface area contributed by atoms with Gasteiger partial charge in [0.05, 0.1) is 5.76 Å². The molecule has 1 heterocycles. The Bertz CT molecular complexity index is 507. The maximum absolute atomic E-state index is 5.97. The number of hydrogen-bond acceptors (Lipinski definition) is 2. The maximum Gasteiger partial charge on any atom is 0.132 e. The second-order valence-corrected chi connectivity index (χ2v) is 6.62. The first-order valence-electron chi connectivity index (χ1n) is 7.62. The molecular formula is C18H27NO. The number of benzene rings is 1. The van der Waals surface area contributed by atoms with Gasteiger partial charge in [-0.15, -0.1) is 0 Å². The van der Waals surface area contributed by atoms with E-state index >= 15 is 0 Å². The van der Waals surface area contributed by atoms with Crippen molar-refractivity contribution in [3.8, 4) is 5.75 Å². The summed E-state index contributed by atoms with van der Waals surface area (Å²) in [6.45, 7) is 15.3. The minimum atomic E-state index is 0.205. The summed E-state index contributed by atoms with van der Waals surface area (Å²) in [6.07, 6.45) is 2.25. The van der Waals surface area contributed by atoms with Gasteiger partial charge in [-0.25, -0.2) is 0 Å². The van der Waals surface area contributed by atoms with Gasteiger partial charge in [-0.2, -0.15) is 0 Å². The summed E-state index contributed by atoms with van der Waals surface area (Å²) in [5.41, 5.74) is 2.76. The normalized spacial score (nSPS) is 18.1. The SMILES string of the molecule is CCN(CC)c1ccc2c(c1)OC(C)=CC2C(C)(C)C. The molecule has 0 saturated heterocycles. The van der Waals surface area contributed by atoms with E-state index in [0.717, 1.165) is 24.6 Å². The molecule has 0 fully saturated rings. The molecule has 2 heteroatoms. The Morgan fingerprint density at radius 2 is 1.80 bits per heavy atom. The van der Waals surface area contributed by atoms with Gasteiger partial charge < -0.3 is 9.64 Å². The van der Waals surface area contributed by atoms with Gasteiger partial charge in [-0.1, -0.05) is 26.8 Å². The largest absolute Gasteiger partial charge is 0.462 e. The van der Waals surface area contributed by atoms with Gasteiger partial charge in [0.15, 0.2) is 0 Å². The summed E-state index contributed by atoms with van der Waals surface area (Å²) in [4.78, 5) is 2.35. The lowest BCUT2D eigenvalue weighted by molar-refractivity contribution is 0.321. The van der Waals surface area contributed by atoms with E-state index in [9.17, 15) is 0 Å². The first-order chi connectivity index (χ1) is 9.36. The maximum atomic E-state index is 5.97. The Labute approximate surface area is 123 Å². The van der Waals surface area contributed by atoms with Crippen LogP contribution in [0.25, 0.3) is 0 Å². The van der Waals surface area contributed by atoms with Crippen molar-refractivity contribution in [1.82, 2.24) is 0 Å². The third-order valence-corrected chi connectivity index (χ3v) is 4.07. The Kier molecular flexibility index (Phi) is 4.12. The van der Waals surface area contributed by atoms with Crippen LogP contribution in [0.3, 0.4) is 0 Å². The number of ether oxygens (including phenoxy) is 1. The molecule has 110 valence electrons. The molecule has 0 bridgehead atoms. The summed E-state index contributed by atoms with van der Waals surface area (Å²) in [5.74, 6) is 2.44. The molecule has 0 saturated carbocycles. The fourth-order valence-corrected chi connectivity index (χ4v) is 2.90. The van der Waals surface area contributed by atoms with Gasteiger partial charge in [-0.3, -0.25) is 0 Å². The second-order valence-electron chi connectivity index (χ2n) is 6.62. The molecule has 0 radical (unpaired) electrons. The Morgan fingerprint density at radius 3 is 2.35 bits per heavy atom. The van der Waals surface area contributed by atoms with E-state index in [1.807, 2.05) is 6.92 Å². The van der Waals surface area contributed by atoms with Gasteiger partial charge in [0.25, 0.3) is 0 Å². The molecule has 0 N–H and O–H groups in total. The van der Waals surface area contributed by atoms with Crippen molar-refractivity contribution in [2.45, 2.75) is 47.5 Å². The van der Waals surface area contributed by atoms with Crippen molar-refractivity contribution in [3.05, 3.63) is 35.6 Å². The van der Waals surface area contributed by atoms with Crippen LogP contribution < -0.4 is 9.64 Å². The minimum Gasteiger partial charge on any atom is -0.462 e. The third-order valence-electron chi connectivity index (χ3n) is 4.07. The van der Waals surface area contributed by atoms with Gasteiger partial charge in [0.1, 0.15) is 5.75 Å². The fourth-order valence-electron chi connectivity index (χ4n) is 2.90. The summed E-state index contributed by atoms with van der Waals surface area (Å²) in [7, 11) is 0. The van der Waals surface area contributed by atoms with Crippen LogP contribution in [-0.4, -0.2) is 13.1 Å². The fraction of sp³-hybridized carbons (Fsp3) is 0.556. The van der Waals surface area contributed by atoms with Crippen LogP contribution in [0.4, 0.5) is 5.69 Å². The van der Waals surface area contributed by atoms with Crippen LogP contribution in [0.2, 0.25) is 0 Å². The Hall–Kier alpha value is -1.44. The Balaban J connectivity index is 2.44. The molecule has 1 aromatic rings. The van der Waals surface area contributed by atoms with E-state index in [0.29, 0.717) is 5.92 Å². The first kappa shape index (κ1) is 15.0. The highest BCUT2D eigenvalue weighted by atomic mass is 16.5. The van der Waals surface area contributed by atoms with Crippen molar-refractivity contribution in [3.63, 3.8) is 0 Å². The predicted octanol–water partition coefficient (Wildman–Crippen LogP) is 4.96. The predicted molar refractivity (Wildman–Crippen MR) is 86.6 cm³/mol. The average molecular weight is 273 g/mol. The number of hydrogen-bond donors (Lipinski definition) is 0. The second kappa shape index (κ2) is 5.51. The van der Waals surface area contributed by atoms with E-state index < -0.39 is 0 Å². The van der Waals surface area contributed by atoms with Gasteiger partial charge in [-0.05, 0) is 38.3 Å². The van der Waals surface area contributed by atoms with Gasteiger partial charge in [0, 0.05) is 36.3 Å². The standard InChI is InChI=1S/C18H27NO/c1-7-19(8-2)14-9-10-15-16(18(4,5)6)11-13(3)20-17(15)12-14/h9-12,16H,7-8H2,1-6H3. The van der Waals surface area contributed by atoms with Crippen LogP contribution in [0, 0.1) is 5.41 Å². The van der Waals surface area contributed by atoms with Crippen LogP contribution in [-0.2, 0) is 0 Å². The molecule has 1 aliphatic rings. The molecule has 2 rings (SSSR count). The summed E-state index contributed by atoms with van der Waals surface area (Å²) in [6, 6.07) is 6.65. The van der Waals surface area contributed by atoms with Crippen LogP contribution >= 0.6 is 0 Å². The van der Waals surface area contributed by atoms with E-state index in [2.05, 4.69) is 63.8 Å². The van der Waals surface area contributed by atoms with E-state index in [-0.39, 0.29) is 5.41 Å². The lowest BCUT2D eigenvalue weighted by Gasteiger charge is -2.34. The summed E-state index contributed by atoms with van der Waals surface area (Å²) < 4.78 is 5.97. The molecule has 1 unspecified atom stereocenters. The lowest BCUT2D eigenvalue weighted by Crippen LogP contribution is -2.24. The van der Waals surface area contributed by atoms with Crippen molar-refractivity contribution >= 4 is 5.69 Å². The monoisotopic (exact) mass is 273 g/mol. The van der Waals surface area contributed by atoms with Crippen LogP contribution in [0.5, 0.6) is 5.75 Å². The number of rotatable bonds is 3. The molecule has 1 atom stereocenters. The van der Waals surface area contributed by atoms with E-state index in [1.54, 1.807) is 0 Å². The topological polar surface area (TPSA) is 12.5 Å².